The highest BCUT2D eigenvalue weighted by molar-refractivity contribution is 7.99. The minimum absolute atomic E-state index is 1.16. The van der Waals surface area contributed by atoms with Gasteiger partial charge >= 0.3 is 0 Å². The smallest absolute Gasteiger partial charge is 0.0107 e. The first kappa shape index (κ1) is 11.7. The van der Waals surface area contributed by atoms with Crippen molar-refractivity contribution in [3.63, 3.8) is 0 Å². The number of nitrogens with zero attached hydrogens (tertiary/aromatic N) is 1. The van der Waals surface area contributed by atoms with Crippen LogP contribution >= 0.6 is 23.5 Å². The Hall–Kier alpha value is 0.620. The molecule has 0 aromatic rings. The molecule has 13 heavy (non-hydrogen) atoms. The van der Waals surface area contributed by atoms with Gasteiger partial charge in [-0.1, -0.05) is 0 Å². The topological polar surface area (TPSA) is 15.3 Å². The number of nitrogens with one attached hydrogen (secondary N) is 1. The Morgan fingerprint density at radius 3 is 2.77 bits per heavy atom. The average Bonchev–Trinajstić information content (AvgIpc) is 2.19. The van der Waals surface area contributed by atoms with Crippen molar-refractivity contribution in [1.29, 1.82) is 0 Å². The van der Waals surface area contributed by atoms with Crippen LogP contribution in [0.2, 0.25) is 0 Å². The highest BCUT2D eigenvalue weighted by Crippen LogP contribution is 2.07. The van der Waals surface area contributed by atoms with Gasteiger partial charge < -0.3 is 10.2 Å². The molecule has 0 bridgehead atoms. The summed E-state index contributed by atoms with van der Waals surface area (Å²) in [5.74, 6) is 3.88. The van der Waals surface area contributed by atoms with E-state index in [2.05, 4.69) is 28.2 Å². The molecule has 0 radical (unpaired) electrons. The largest absolute Gasteiger partial charge is 0.315 e. The zero-order chi connectivity index (χ0) is 9.36. The van der Waals surface area contributed by atoms with Gasteiger partial charge in [0.15, 0.2) is 0 Å². The number of hydrogen-bond acceptors (Lipinski definition) is 4. The summed E-state index contributed by atoms with van der Waals surface area (Å²) in [6.45, 7) is 6.12. The fraction of sp³-hybridized carbons (Fsp3) is 1.00. The Balaban J connectivity index is 1.86. The van der Waals surface area contributed by atoms with Gasteiger partial charge in [-0.25, -0.2) is 0 Å². The molecule has 4 heteroatoms. The van der Waals surface area contributed by atoms with Crippen molar-refractivity contribution in [2.45, 2.75) is 0 Å². The molecule has 2 nitrogen and oxygen atoms in total. The van der Waals surface area contributed by atoms with E-state index < -0.39 is 0 Å². The molecule has 1 heterocycles. The Labute approximate surface area is 90.2 Å². The molecule has 0 aliphatic carbocycles. The predicted octanol–water partition coefficient (Wildman–Crippen LogP) is 0.988. The lowest BCUT2D eigenvalue weighted by Crippen LogP contribution is -2.38. The van der Waals surface area contributed by atoms with Crippen molar-refractivity contribution in [2.24, 2.45) is 0 Å². The molecule has 0 saturated carbocycles. The second-order valence-corrected chi connectivity index (χ2v) is 5.41. The first-order valence-corrected chi connectivity index (χ1v) is 7.48. The number of rotatable bonds is 6. The molecule has 1 fully saturated rings. The third kappa shape index (κ3) is 5.83. The molecular formula is C9H20N2S2. The first-order chi connectivity index (χ1) is 6.43. The third-order valence-corrected chi connectivity index (χ3v) is 3.75. The summed E-state index contributed by atoms with van der Waals surface area (Å²) in [5, 5.41) is 3.46. The van der Waals surface area contributed by atoms with Crippen molar-refractivity contribution in [2.75, 3.05) is 56.2 Å². The maximum atomic E-state index is 3.46. The van der Waals surface area contributed by atoms with Crippen molar-refractivity contribution in [3.8, 4) is 0 Å². The van der Waals surface area contributed by atoms with E-state index in [1.54, 1.807) is 0 Å². The minimum atomic E-state index is 1.16. The highest BCUT2D eigenvalue weighted by Gasteiger charge is 2.08. The Morgan fingerprint density at radius 2 is 2.08 bits per heavy atom. The van der Waals surface area contributed by atoms with Gasteiger partial charge in [0, 0.05) is 50.0 Å². The fourth-order valence-electron chi connectivity index (χ4n) is 1.36. The molecule has 0 spiro atoms. The summed E-state index contributed by atoms with van der Waals surface area (Å²) in [5.41, 5.74) is 0. The van der Waals surface area contributed by atoms with Gasteiger partial charge in [-0.05, 0) is 6.26 Å². The summed E-state index contributed by atoms with van der Waals surface area (Å²) in [6.07, 6.45) is 2.16. The van der Waals surface area contributed by atoms with Crippen LogP contribution in [0.5, 0.6) is 0 Å². The van der Waals surface area contributed by atoms with E-state index >= 15 is 0 Å². The van der Waals surface area contributed by atoms with E-state index in [0.29, 0.717) is 0 Å². The molecule has 1 aliphatic rings. The van der Waals surface area contributed by atoms with Crippen LogP contribution < -0.4 is 5.32 Å². The molecule has 1 N–H and O–H groups in total. The summed E-state index contributed by atoms with van der Waals surface area (Å²) < 4.78 is 0. The second kappa shape index (κ2) is 7.97. The molecule has 1 aliphatic heterocycles. The van der Waals surface area contributed by atoms with Crippen LogP contribution in [-0.2, 0) is 0 Å². The molecule has 0 aromatic heterocycles. The van der Waals surface area contributed by atoms with Gasteiger partial charge in [0.2, 0.25) is 0 Å². The van der Waals surface area contributed by atoms with E-state index in [-0.39, 0.29) is 0 Å². The zero-order valence-electron chi connectivity index (χ0n) is 8.42. The summed E-state index contributed by atoms with van der Waals surface area (Å²) >= 11 is 3.99. The van der Waals surface area contributed by atoms with Gasteiger partial charge in [-0.3, -0.25) is 0 Å². The van der Waals surface area contributed by atoms with Crippen LogP contribution in [0.25, 0.3) is 0 Å². The van der Waals surface area contributed by atoms with Gasteiger partial charge in [0.25, 0.3) is 0 Å². The quantitative estimate of drug-likeness (QED) is 0.671. The second-order valence-electron chi connectivity index (χ2n) is 3.20. The van der Waals surface area contributed by atoms with Gasteiger partial charge in [-0.2, -0.15) is 23.5 Å². The van der Waals surface area contributed by atoms with E-state index in [0.717, 1.165) is 13.1 Å². The molecule has 1 saturated heterocycles. The molecule has 1 rings (SSSR count). The maximum absolute atomic E-state index is 3.46. The van der Waals surface area contributed by atoms with Gasteiger partial charge in [0.1, 0.15) is 0 Å². The van der Waals surface area contributed by atoms with Crippen molar-refractivity contribution < 1.29 is 0 Å². The zero-order valence-corrected chi connectivity index (χ0v) is 10.1. The van der Waals surface area contributed by atoms with Gasteiger partial charge in [-0.15, -0.1) is 0 Å². The van der Waals surface area contributed by atoms with Crippen LogP contribution in [-0.4, -0.2) is 61.1 Å². The van der Waals surface area contributed by atoms with Crippen LogP contribution in [0.3, 0.4) is 0 Å². The first-order valence-electron chi connectivity index (χ1n) is 4.93. The molecule has 0 atom stereocenters. The van der Waals surface area contributed by atoms with E-state index in [4.69, 9.17) is 0 Å². The standard InChI is InChI=1S/C9H20N2S2/c1-12-7-3-10-2-4-11-5-8-13-9-6-11/h10H,2-9H2,1H3. The van der Waals surface area contributed by atoms with Crippen LogP contribution in [0.4, 0.5) is 0 Å². The Kier molecular flexibility index (Phi) is 7.17. The SMILES string of the molecule is CSCCNCCN1CCSCC1. The molecule has 0 unspecified atom stereocenters. The molecule has 78 valence electrons. The van der Waals surface area contributed by atoms with Crippen LogP contribution in [0, 0.1) is 0 Å². The normalized spacial score (nSPS) is 19.2. The predicted molar refractivity (Wildman–Crippen MR) is 65.0 cm³/mol. The van der Waals surface area contributed by atoms with Crippen LogP contribution in [0.1, 0.15) is 0 Å². The summed E-state index contributed by atoms with van der Waals surface area (Å²) in [6, 6.07) is 0. The maximum Gasteiger partial charge on any atom is 0.0107 e. The highest BCUT2D eigenvalue weighted by atomic mass is 32.2. The van der Waals surface area contributed by atoms with E-state index in [1.165, 1.54) is 36.9 Å². The molecule has 0 amide bonds. The Morgan fingerprint density at radius 1 is 1.31 bits per heavy atom. The average molecular weight is 220 g/mol. The van der Waals surface area contributed by atoms with Crippen molar-refractivity contribution in [3.05, 3.63) is 0 Å². The summed E-state index contributed by atoms with van der Waals surface area (Å²) in [7, 11) is 0. The lowest BCUT2D eigenvalue weighted by molar-refractivity contribution is 0.302. The minimum Gasteiger partial charge on any atom is -0.315 e. The lowest BCUT2D eigenvalue weighted by Gasteiger charge is -2.26. The van der Waals surface area contributed by atoms with Crippen molar-refractivity contribution in [1.82, 2.24) is 10.2 Å². The van der Waals surface area contributed by atoms with E-state index in [9.17, 15) is 0 Å². The van der Waals surface area contributed by atoms with E-state index in [1.807, 2.05) is 11.8 Å². The third-order valence-electron chi connectivity index (χ3n) is 2.19. The van der Waals surface area contributed by atoms with Gasteiger partial charge in [0.05, 0.1) is 0 Å². The fourth-order valence-corrected chi connectivity index (χ4v) is 2.69. The lowest BCUT2D eigenvalue weighted by atomic mass is 10.4. The Bertz CT molecular complexity index is 116. The van der Waals surface area contributed by atoms with Crippen LogP contribution in [0.15, 0.2) is 0 Å². The molecule has 0 aromatic carbocycles. The van der Waals surface area contributed by atoms with Crippen molar-refractivity contribution >= 4 is 23.5 Å². The number of hydrogen-bond donors (Lipinski definition) is 1. The monoisotopic (exact) mass is 220 g/mol. The molecular weight excluding hydrogens is 200 g/mol. The number of thioether (sulfide) groups is 2. The summed E-state index contributed by atoms with van der Waals surface area (Å²) in [4.78, 5) is 2.56.